The van der Waals surface area contributed by atoms with Crippen LogP contribution in [0.5, 0.6) is 0 Å². The highest BCUT2D eigenvalue weighted by atomic mass is 19.3. The molecule has 0 saturated heterocycles. The van der Waals surface area contributed by atoms with Crippen LogP contribution in [0.25, 0.3) is 0 Å². The van der Waals surface area contributed by atoms with Crippen LogP contribution in [0.1, 0.15) is 0 Å². The highest BCUT2D eigenvalue weighted by molar-refractivity contribution is 5.36. The summed E-state index contributed by atoms with van der Waals surface area (Å²) in [6.45, 7) is -1.10. The van der Waals surface area contributed by atoms with E-state index in [2.05, 4.69) is 9.47 Å². The largest absolute Gasteiger partial charge is 0.459 e. The van der Waals surface area contributed by atoms with E-state index in [0.29, 0.717) is 0 Å². The molecule has 0 aromatic rings. The molecule has 0 bridgehead atoms. The molecule has 0 N–H and O–H groups in total. The lowest BCUT2D eigenvalue weighted by molar-refractivity contribution is -0.244. The molecule has 0 aromatic heterocycles. The van der Waals surface area contributed by atoms with Gasteiger partial charge in [0.2, 0.25) is 0 Å². The predicted octanol–water partition coefficient (Wildman–Crippen LogP) is 0.399. The fraction of sp³-hybridized carbons (Fsp3) is 0.750. The molecule has 0 rings (SSSR count). The number of halogens is 2. The van der Waals surface area contributed by atoms with Gasteiger partial charge in [-0.3, -0.25) is 4.79 Å². The summed E-state index contributed by atoms with van der Waals surface area (Å²) in [4.78, 5) is 9.36. The Morgan fingerprint density at radius 2 is 2.22 bits per heavy atom. The summed E-state index contributed by atoms with van der Waals surface area (Å²) in [5, 5.41) is 0. The zero-order valence-electron chi connectivity index (χ0n) is 4.77. The first-order valence-electron chi connectivity index (χ1n) is 2.10. The van der Waals surface area contributed by atoms with Crippen LogP contribution in [0.3, 0.4) is 0 Å². The molecule has 0 aliphatic carbocycles. The lowest BCUT2D eigenvalue weighted by Crippen LogP contribution is -2.25. The summed E-state index contributed by atoms with van der Waals surface area (Å²) in [6, 6.07) is 0. The molecule has 0 saturated carbocycles. The van der Waals surface area contributed by atoms with Crippen molar-refractivity contribution in [1.29, 1.82) is 0 Å². The maximum atomic E-state index is 11.8. The van der Waals surface area contributed by atoms with Gasteiger partial charge in [-0.15, -0.1) is 0 Å². The van der Waals surface area contributed by atoms with Crippen molar-refractivity contribution in [1.82, 2.24) is 0 Å². The zero-order valence-corrected chi connectivity index (χ0v) is 4.77. The summed E-state index contributed by atoms with van der Waals surface area (Å²) in [5.74, 6) is 0. The van der Waals surface area contributed by atoms with Crippen molar-refractivity contribution in [2.75, 3.05) is 13.7 Å². The Morgan fingerprint density at radius 1 is 1.67 bits per heavy atom. The third kappa shape index (κ3) is 3.84. The van der Waals surface area contributed by atoms with Crippen molar-refractivity contribution in [3.63, 3.8) is 0 Å². The molecule has 54 valence electrons. The van der Waals surface area contributed by atoms with E-state index in [-0.39, 0.29) is 6.47 Å². The van der Waals surface area contributed by atoms with Crippen LogP contribution in [0.15, 0.2) is 0 Å². The van der Waals surface area contributed by atoms with Gasteiger partial charge >= 0.3 is 6.11 Å². The first-order chi connectivity index (χ1) is 4.12. The van der Waals surface area contributed by atoms with Gasteiger partial charge in [0.05, 0.1) is 0 Å². The van der Waals surface area contributed by atoms with E-state index in [9.17, 15) is 13.6 Å². The standard InChI is InChI=1S/C4H6F2O3/c1-8-4(5,6)2-9-3-7/h3H,2H2,1H3. The minimum atomic E-state index is -3.36. The van der Waals surface area contributed by atoms with Crippen molar-refractivity contribution in [3.8, 4) is 0 Å². The van der Waals surface area contributed by atoms with Crippen molar-refractivity contribution in [3.05, 3.63) is 0 Å². The van der Waals surface area contributed by atoms with Crippen LogP contribution < -0.4 is 0 Å². The first-order valence-corrected chi connectivity index (χ1v) is 2.10. The molecule has 3 nitrogen and oxygen atoms in total. The fourth-order valence-electron chi connectivity index (χ4n) is 0.190. The van der Waals surface area contributed by atoms with E-state index in [1.165, 1.54) is 0 Å². The number of carbonyl (C=O) groups is 1. The number of alkyl halides is 2. The number of ether oxygens (including phenoxy) is 2. The summed E-state index contributed by atoms with van der Waals surface area (Å²) in [7, 11) is 0.828. The van der Waals surface area contributed by atoms with Crippen molar-refractivity contribution in [2.24, 2.45) is 0 Å². The van der Waals surface area contributed by atoms with Gasteiger partial charge in [-0.25, -0.2) is 0 Å². The molecule has 0 unspecified atom stereocenters. The lowest BCUT2D eigenvalue weighted by atomic mass is 10.7. The predicted molar refractivity (Wildman–Crippen MR) is 24.0 cm³/mol. The monoisotopic (exact) mass is 140 g/mol. The highest BCUT2D eigenvalue weighted by Gasteiger charge is 2.28. The summed E-state index contributed by atoms with van der Waals surface area (Å²) in [6.07, 6.45) is -3.36. The van der Waals surface area contributed by atoms with E-state index in [0.717, 1.165) is 7.11 Å². The Kier molecular flexibility index (Phi) is 3.08. The second-order valence-corrected chi connectivity index (χ2v) is 1.25. The van der Waals surface area contributed by atoms with Gasteiger partial charge in [-0.2, -0.15) is 8.78 Å². The van der Waals surface area contributed by atoms with Crippen LogP contribution >= 0.6 is 0 Å². The Bertz CT molecular complexity index is 93.8. The normalized spacial score (nSPS) is 11.0. The van der Waals surface area contributed by atoms with Gasteiger partial charge in [0.1, 0.15) is 0 Å². The summed E-state index contributed by atoms with van der Waals surface area (Å²) >= 11 is 0. The quantitative estimate of drug-likeness (QED) is 0.530. The SMILES string of the molecule is COC(F)(F)COC=O. The highest BCUT2D eigenvalue weighted by Crippen LogP contribution is 2.12. The lowest BCUT2D eigenvalue weighted by Gasteiger charge is -2.10. The van der Waals surface area contributed by atoms with Crippen LogP contribution in [0, 0.1) is 0 Å². The molecule has 0 radical (unpaired) electrons. The Balaban J connectivity index is 3.44. The molecular weight excluding hydrogens is 134 g/mol. The van der Waals surface area contributed by atoms with E-state index in [4.69, 9.17) is 0 Å². The molecule has 9 heavy (non-hydrogen) atoms. The maximum Gasteiger partial charge on any atom is 0.389 e. The molecule has 0 aromatic carbocycles. The average molecular weight is 140 g/mol. The second kappa shape index (κ2) is 3.34. The van der Waals surface area contributed by atoms with Gasteiger partial charge in [-0.05, 0) is 0 Å². The smallest absolute Gasteiger partial charge is 0.389 e. The van der Waals surface area contributed by atoms with Gasteiger partial charge in [0.25, 0.3) is 6.47 Å². The Hall–Kier alpha value is -0.710. The molecule has 0 atom stereocenters. The Morgan fingerprint density at radius 3 is 2.56 bits per heavy atom. The topological polar surface area (TPSA) is 35.5 Å². The molecule has 5 heteroatoms. The number of hydrogen-bond donors (Lipinski definition) is 0. The summed E-state index contributed by atoms with van der Waals surface area (Å²) in [5.41, 5.74) is 0. The molecule has 0 amide bonds. The number of methoxy groups -OCH3 is 1. The second-order valence-electron chi connectivity index (χ2n) is 1.25. The molecule has 0 fully saturated rings. The van der Waals surface area contributed by atoms with Crippen LogP contribution in [-0.4, -0.2) is 26.3 Å². The van der Waals surface area contributed by atoms with E-state index in [1.54, 1.807) is 0 Å². The molecular formula is C4H6F2O3. The maximum absolute atomic E-state index is 11.8. The van der Waals surface area contributed by atoms with E-state index in [1.807, 2.05) is 0 Å². The van der Waals surface area contributed by atoms with Gasteiger partial charge in [-0.1, -0.05) is 0 Å². The van der Waals surface area contributed by atoms with Crippen molar-refractivity contribution >= 4 is 6.47 Å². The fourth-order valence-corrected chi connectivity index (χ4v) is 0.190. The summed E-state index contributed by atoms with van der Waals surface area (Å²) < 4.78 is 31.0. The van der Waals surface area contributed by atoms with E-state index < -0.39 is 12.7 Å². The van der Waals surface area contributed by atoms with Gasteiger partial charge < -0.3 is 9.47 Å². The number of hydrogen-bond acceptors (Lipinski definition) is 3. The molecule has 0 aliphatic heterocycles. The van der Waals surface area contributed by atoms with Crippen LogP contribution in [0.4, 0.5) is 8.78 Å². The molecule has 0 spiro atoms. The minimum absolute atomic E-state index is 0.0626. The third-order valence-corrected chi connectivity index (χ3v) is 0.618. The average Bonchev–Trinajstić information content (AvgIpc) is 1.84. The zero-order chi connectivity index (χ0) is 7.33. The van der Waals surface area contributed by atoms with Gasteiger partial charge in [0, 0.05) is 7.11 Å². The molecule has 0 aliphatic rings. The number of rotatable bonds is 4. The van der Waals surface area contributed by atoms with Crippen LogP contribution in [0.2, 0.25) is 0 Å². The minimum Gasteiger partial charge on any atom is -0.459 e. The number of carbonyl (C=O) groups excluding carboxylic acids is 1. The van der Waals surface area contributed by atoms with Crippen molar-refractivity contribution < 1.29 is 23.0 Å². The van der Waals surface area contributed by atoms with Gasteiger partial charge in [0.15, 0.2) is 6.61 Å². The Labute approximate surface area is 50.6 Å². The first kappa shape index (κ1) is 8.29. The third-order valence-electron chi connectivity index (χ3n) is 0.618. The van der Waals surface area contributed by atoms with Crippen LogP contribution in [-0.2, 0) is 14.3 Å². The van der Waals surface area contributed by atoms with E-state index >= 15 is 0 Å². The molecule has 0 heterocycles. The van der Waals surface area contributed by atoms with Crippen molar-refractivity contribution in [2.45, 2.75) is 6.11 Å².